The van der Waals surface area contributed by atoms with Crippen molar-refractivity contribution in [2.75, 3.05) is 13.1 Å². The van der Waals surface area contributed by atoms with Crippen LogP contribution in [0, 0.1) is 6.92 Å². The van der Waals surface area contributed by atoms with E-state index >= 15 is 0 Å². The van der Waals surface area contributed by atoms with Gasteiger partial charge in [0, 0.05) is 30.1 Å². The first-order valence-corrected chi connectivity index (χ1v) is 14.4. The molecule has 1 saturated heterocycles. The minimum atomic E-state index is -4.54. The SMILES string of the molecule is Cc1cc(C(F)(F)F)nn1CC(=O)N1CCC(c2nc(C3OCc4cccc(-c5ccccc5)c4CO3)cs2)CC1. The summed E-state index contributed by atoms with van der Waals surface area (Å²) in [4.78, 5) is 19.4. The zero-order valence-corrected chi connectivity index (χ0v) is 23.3. The van der Waals surface area contributed by atoms with Crippen LogP contribution >= 0.6 is 11.3 Å². The number of aryl methyl sites for hydroxylation is 1. The van der Waals surface area contributed by atoms with Crippen LogP contribution in [0.1, 0.15) is 58.3 Å². The second kappa shape index (κ2) is 11.4. The number of carbonyl (C=O) groups is 1. The predicted octanol–water partition coefficient (Wildman–Crippen LogP) is 6.49. The molecule has 0 saturated carbocycles. The molecule has 6 rings (SSSR count). The number of alkyl halides is 3. The van der Waals surface area contributed by atoms with Crippen molar-refractivity contribution in [1.29, 1.82) is 0 Å². The number of piperidine rings is 1. The minimum absolute atomic E-state index is 0.189. The van der Waals surface area contributed by atoms with Gasteiger partial charge in [-0.2, -0.15) is 18.3 Å². The Balaban J connectivity index is 1.06. The van der Waals surface area contributed by atoms with Gasteiger partial charge in [-0.05, 0) is 48.1 Å². The molecule has 214 valence electrons. The van der Waals surface area contributed by atoms with E-state index in [2.05, 4.69) is 29.4 Å². The monoisotopic (exact) mass is 582 g/mol. The topological polar surface area (TPSA) is 69.5 Å². The molecule has 0 radical (unpaired) electrons. The van der Waals surface area contributed by atoms with Crippen LogP contribution in [-0.4, -0.2) is 38.7 Å². The lowest BCUT2D eigenvalue weighted by Gasteiger charge is -2.31. The number of carbonyl (C=O) groups excluding carboxylic acids is 1. The molecule has 4 heterocycles. The highest BCUT2D eigenvalue weighted by molar-refractivity contribution is 7.09. The van der Waals surface area contributed by atoms with Crippen molar-refractivity contribution < 1.29 is 27.4 Å². The maximum Gasteiger partial charge on any atom is 0.435 e. The van der Waals surface area contributed by atoms with Crippen LogP contribution in [0.4, 0.5) is 13.2 Å². The molecule has 0 aliphatic carbocycles. The molecule has 1 atom stereocenters. The highest BCUT2D eigenvalue weighted by Gasteiger charge is 2.35. The number of ether oxygens (including phenoxy) is 2. The van der Waals surface area contributed by atoms with Gasteiger partial charge in [0.25, 0.3) is 0 Å². The van der Waals surface area contributed by atoms with Crippen molar-refractivity contribution in [2.24, 2.45) is 0 Å². The largest absolute Gasteiger partial charge is 0.435 e. The fourth-order valence-electron chi connectivity index (χ4n) is 5.38. The third-order valence-electron chi connectivity index (χ3n) is 7.66. The summed E-state index contributed by atoms with van der Waals surface area (Å²) in [5, 5.41) is 6.53. The van der Waals surface area contributed by atoms with E-state index < -0.39 is 18.2 Å². The molecule has 2 aromatic heterocycles. The first kappa shape index (κ1) is 27.6. The van der Waals surface area contributed by atoms with Crippen LogP contribution in [0.25, 0.3) is 11.1 Å². The maximum absolute atomic E-state index is 13.0. The number of hydrogen-bond acceptors (Lipinski definition) is 6. The molecule has 11 heteroatoms. The van der Waals surface area contributed by atoms with Crippen LogP contribution in [-0.2, 0) is 40.2 Å². The Bertz CT molecular complexity index is 1530. The van der Waals surface area contributed by atoms with Gasteiger partial charge in [0.05, 0.1) is 18.2 Å². The summed E-state index contributed by atoms with van der Waals surface area (Å²) in [7, 11) is 0. The standard InChI is InChI=1S/C30H29F3N4O3S/c1-19-14-26(30(31,32)33)35-37(19)15-27(38)36-12-10-21(11-13-36)28-34-25(18-41-28)29-39-16-22-8-5-9-23(24(22)17-40-29)20-6-3-2-4-7-20/h2-9,14,18,21,29H,10-13,15-17H2,1H3. The Hall–Kier alpha value is -3.54. The summed E-state index contributed by atoms with van der Waals surface area (Å²) in [6, 6.07) is 17.4. The molecule has 2 aliphatic rings. The molecular weight excluding hydrogens is 553 g/mol. The van der Waals surface area contributed by atoms with E-state index in [1.54, 1.807) is 16.2 Å². The Labute approximate surface area is 239 Å². The zero-order chi connectivity index (χ0) is 28.6. The molecule has 7 nitrogen and oxygen atoms in total. The fourth-order valence-corrected chi connectivity index (χ4v) is 6.37. The lowest BCUT2D eigenvalue weighted by atomic mass is 9.96. The van der Waals surface area contributed by atoms with Crippen LogP contribution in [0.2, 0.25) is 0 Å². The van der Waals surface area contributed by atoms with Crippen molar-refractivity contribution in [3.63, 3.8) is 0 Å². The van der Waals surface area contributed by atoms with Crippen molar-refractivity contribution in [3.05, 3.63) is 93.2 Å². The summed E-state index contributed by atoms with van der Waals surface area (Å²) in [5.74, 6) is -0.0494. The normalized spacial score (nSPS) is 18.2. The number of rotatable bonds is 5. The average Bonchev–Trinajstić information content (AvgIpc) is 3.55. The van der Waals surface area contributed by atoms with Crippen molar-refractivity contribution in [2.45, 2.75) is 57.9 Å². The number of nitrogens with zero attached hydrogens (tertiary/aromatic N) is 4. The van der Waals surface area contributed by atoms with Gasteiger partial charge < -0.3 is 14.4 Å². The van der Waals surface area contributed by atoms with Gasteiger partial charge >= 0.3 is 6.18 Å². The highest BCUT2D eigenvalue weighted by Crippen LogP contribution is 2.36. The number of amides is 1. The van der Waals surface area contributed by atoms with E-state index in [0.29, 0.717) is 32.0 Å². The van der Waals surface area contributed by atoms with Gasteiger partial charge in [0.2, 0.25) is 12.2 Å². The molecule has 0 N–H and O–H groups in total. The van der Waals surface area contributed by atoms with Crippen molar-refractivity contribution >= 4 is 17.2 Å². The number of benzene rings is 2. The van der Waals surface area contributed by atoms with Crippen LogP contribution < -0.4 is 0 Å². The summed E-state index contributed by atoms with van der Waals surface area (Å²) in [5.41, 5.74) is 4.55. The second-order valence-electron chi connectivity index (χ2n) is 10.4. The highest BCUT2D eigenvalue weighted by atomic mass is 32.1. The van der Waals surface area contributed by atoms with E-state index in [-0.39, 0.29) is 18.4 Å². The molecule has 0 bridgehead atoms. The van der Waals surface area contributed by atoms with Crippen molar-refractivity contribution in [3.8, 4) is 11.1 Å². The van der Waals surface area contributed by atoms with Crippen molar-refractivity contribution in [1.82, 2.24) is 19.7 Å². The van der Waals surface area contributed by atoms with Gasteiger partial charge in [-0.1, -0.05) is 48.5 Å². The average molecular weight is 583 g/mol. The van der Waals surface area contributed by atoms with Crippen LogP contribution in [0.5, 0.6) is 0 Å². The van der Waals surface area contributed by atoms with Gasteiger partial charge in [-0.15, -0.1) is 11.3 Å². The Morgan fingerprint density at radius 2 is 1.80 bits per heavy atom. The van der Waals surface area contributed by atoms with Crippen LogP contribution in [0.3, 0.4) is 0 Å². The quantitative estimate of drug-likeness (QED) is 0.269. The number of fused-ring (bicyclic) bond motifs is 1. The second-order valence-corrected chi connectivity index (χ2v) is 11.2. The first-order chi connectivity index (χ1) is 19.8. The van der Waals surface area contributed by atoms with E-state index in [1.807, 2.05) is 29.6 Å². The molecule has 1 amide bonds. The lowest BCUT2D eigenvalue weighted by molar-refractivity contribution is -0.155. The Morgan fingerprint density at radius 3 is 2.54 bits per heavy atom. The number of halogens is 3. The van der Waals surface area contributed by atoms with Gasteiger partial charge in [0.15, 0.2) is 5.69 Å². The van der Waals surface area contributed by atoms with E-state index in [9.17, 15) is 18.0 Å². The molecule has 1 unspecified atom stereocenters. The summed E-state index contributed by atoms with van der Waals surface area (Å²) in [6.07, 6.45) is -3.66. The number of aromatic nitrogens is 3. The molecule has 1 fully saturated rings. The van der Waals surface area contributed by atoms with E-state index in [0.717, 1.165) is 56.5 Å². The third kappa shape index (κ3) is 5.93. The van der Waals surface area contributed by atoms with Crippen LogP contribution in [0.15, 0.2) is 60.0 Å². The first-order valence-electron chi connectivity index (χ1n) is 13.5. The smallest absolute Gasteiger partial charge is 0.342 e. The number of likely N-dealkylation sites (tertiary alicyclic amines) is 1. The lowest BCUT2D eigenvalue weighted by Crippen LogP contribution is -2.40. The van der Waals surface area contributed by atoms with Gasteiger partial charge in [-0.3, -0.25) is 9.48 Å². The Kier molecular flexibility index (Phi) is 7.67. The minimum Gasteiger partial charge on any atom is -0.342 e. The summed E-state index contributed by atoms with van der Waals surface area (Å²) < 4.78 is 52.4. The van der Waals surface area contributed by atoms with E-state index in [1.165, 1.54) is 6.92 Å². The number of thiazole rings is 1. The summed E-state index contributed by atoms with van der Waals surface area (Å²) in [6.45, 7) is 3.17. The summed E-state index contributed by atoms with van der Waals surface area (Å²) >= 11 is 1.56. The zero-order valence-electron chi connectivity index (χ0n) is 22.4. The maximum atomic E-state index is 13.0. The molecular formula is C30H29F3N4O3S. The molecule has 4 aromatic rings. The molecule has 41 heavy (non-hydrogen) atoms. The molecule has 2 aromatic carbocycles. The van der Waals surface area contributed by atoms with E-state index in [4.69, 9.17) is 14.5 Å². The fraction of sp³-hybridized carbons (Fsp3) is 0.367. The third-order valence-corrected chi connectivity index (χ3v) is 8.69. The Morgan fingerprint density at radius 1 is 1.05 bits per heavy atom. The van der Waals surface area contributed by atoms with Gasteiger partial charge in [0.1, 0.15) is 12.2 Å². The van der Waals surface area contributed by atoms with Gasteiger partial charge in [-0.25, -0.2) is 4.98 Å². The predicted molar refractivity (Wildman–Crippen MR) is 147 cm³/mol. The molecule has 0 spiro atoms. The number of hydrogen-bond donors (Lipinski definition) is 0. The molecule has 2 aliphatic heterocycles.